The summed E-state index contributed by atoms with van der Waals surface area (Å²) in [5.41, 5.74) is 3.47. The number of benzene rings is 2. The predicted molar refractivity (Wildman–Crippen MR) is 92.7 cm³/mol. The lowest BCUT2D eigenvalue weighted by atomic mass is 10.1. The van der Waals surface area contributed by atoms with Crippen LogP contribution in [0.4, 0.5) is 4.79 Å². The van der Waals surface area contributed by atoms with Crippen LogP contribution in [0.5, 0.6) is 5.75 Å². The number of ether oxygens (including phenoxy) is 1. The van der Waals surface area contributed by atoms with Crippen LogP contribution in [0.2, 0.25) is 0 Å². The molecule has 0 bridgehead atoms. The molecule has 4 heteroatoms. The summed E-state index contributed by atoms with van der Waals surface area (Å²) in [7, 11) is 0. The second-order valence-corrected chi connectivity index (χ2v) is 5.40. The van der Waals surface area contributed by atoms with Gasteiger partial charge in [-0.15, -0.1) is 0 Å². The number of para-hydroxylation sites is 1. The van der Waals surface area contributed by atoms with Crippen LogP contribution in [0, 0.1) is 6.92 Å². The Hall–Kier alpha value is -2.49. The van der Waals surface area contributed by atoms with Crippen molar-refractivity contribution in [2.75, 3.05) is 13.2 Å². The third kappa shape index (κ3) is 5.66. The Labute approximate surface area is 137 Å². The number of rotatable bonds is 7. The SMILES string of the molecule is CCc1ccccc1OCCNC(=O)NCc1ccc(C)cc1. The highest BCUT2D eigenvalue weighted by Crippen LogP contribution is 2.17. The molecule has 0 radical (unpaired) electrons. The molecule has 122 valence electrons. The number of hydrogen-bond acceptors (Lipinski definition) is 2. The number of hydrogen-bond donors (Lipinski definition) is 2. The first kappa shape index (κ1) is 16.9. The smallest absolute Gasteiger partial charge is 0.315 e. The van der Waals surface area contributed by atoms with Gasteiger partial charge in [0.2, 0.25) is 0 Å². The van der Waals surface area contributed by atoms with Crippen LogP contribution in [-0.4, -0.2) is 19.2 Å². The van der Waals surface area contributed by atoms with Gasteiger partial charge in [-0.2, -0.15) is 0 Å². The molecule has 4 nitrogen and oxygen atoms in total. The Balaban J connectivity index is 1.66. The van der Waals surface area contributed by atoms with Gasteiger partial charge < -0.3 is 15.4 Å². The lowest BCUT2D eigenvalue weighted by Crippen LogP contribution is -2.37. The molecule has 0 aliphatic rings. The van der Waals surface area contributed by atoms with Crippen molar-refractivity contribution in [1.29, 1.82) is 0 Å². The van der Waals surface area contributed by atoms with Crippen molar-refractivity contribution in [1.82, 2.24) is 10.6 Å². The van der Waals surface area contributed by atoms with E-state index in [9.17, 15) is 4.79 Å². The van der Waals surface area contributed by atoms with E-state index >= 15 is 0 Å². The maximum atomic E-state index is 11.7. The van der Waals surface area contributed by atoms with Crippen LogP contribution in [0.3, 0.4) is 0 Å². The van der Waals surface area contributed by atoms with E-state index in [1.165, 1.54) is 11.1 Å². The third-order valence-electron chi connectivity index (χ3n) is 3.57. The summed E-state index contributed by atoms with van der Waals surface area (Å²) in [6.45, 7) is 5.58. The van der Waals surface area contributed by atoms with Crippen molar-refractivity contribution in [3.05, 3.63) is 65.2 Å². The van der Waals surface area contributed by atoms with Crippen LogP contribution in [0.15, 0.2) is 48.5 Å². The van der Waals surface area contributed by atoms with Gasteiger partial charge in [0.25, 0.3) is 0 Å². The number of urea groups is 1. The van der Waals surface area contributed by atoms with Crippen LogP contribution in [-0.2, 0) is 13.0 Å². The van der Waals surface area contributed by atoms with Crippen LogP contribution in [0.25, 0.3) is 0 Å². The topological polar surface area (TPSA) is 50.4 Å². The van der Waals surface area contributed by atoms with Crippen molar-refractivity contribution in [3.63, 3.8) is 0 Å². The molecule has 0 spiro atoms. The van der Waals surface area contributed by atoms with Crippen molar-refractivity contribution < 1.29 is 9.53 Å². The van der Waals surface area contributed by atoms with Gasteiger partial charge in [-0.25, -0.2) is 4.79 Å². The molecule has 0 saturated carbocycles. The van der Waals surface area contributed by atoms with Crippen LogP contribution >= 0.6 is 0 Å². The summed E-state index contributed by atoms with van der Waals surface area (Å²) in [4.78, 5) is 11.7. The summed E-state index contributed by atoms with van der Waals surface area (Å²) < 4.78 is 5.71. The van der Waals surface area contributed by atoms with E-state index in [0.717, 1.165) is 17.7 Å². The van der Waals surface area contributed by atoms with Gasteiger partial charge >= 0.3 is 6.03 Å². The van der Waals surface area contributed by atoms with Gasteiger partial charge in [0.15, 0.2) is 0 Å². The number of carbonyl (C=O) groups is 1. The van der Waals surface area contributed by atoms with Gasteiger partial charge in [-0.05, 0) is 30.5 Å². The second kappa shape index (κ2) is 8.83. The molecule has 0 heterocycles. The van der Waals surface area contributed by atoms with E-state index in [1.54, 1.807) is 0 Å². The fourth-order valence-electron chi connectivity index (χ4n) is 2.21. The number of aryl methyl sites for hydroxylation is 2. The summed E-state index contributed by atoms with van der Waals surface area (Å²) in [5.74, 6) is 0.886. The quantitative estimate of drug-likeness (QED) is 0.770. The molecule has 0 fully saturated rings. The fraction of sp³-hybridized carbons (Fsp3) is 0.316. The molecule has 2 aromatic rings. The highest BCUT2D eigenvalue weighted by atomic mass is 16.5. The Morgan fingerprint density at radius 2 is 1.78 bits per heavy atom. The molecule has 0 atom stereocenters. The van der Waals surface area contributed by atoms with Crippen molar-refractivity contribution >= 4 is 6.03 Å². The minimum absolute atomic E-state index is 0.182. The third-order valence-corrected chi connectivity index (χ3v) is 3.57. The van der Waals surface area contributed by atoms with Crippen molar-refractivity contribution in [3.8, 4) is 5.75 Å². The zero-order chi connectivity index (χ0) is 16.5. The molecule has 2 rings (SSSR count). The molecule has 2 amide bonds. The molecule has 0 unspecified atom stereocenters. The van der Waals surface area contributed by atoms with Crippen molar-refractivity contribution in [2.45, 2.75) is 26.8 Å². The molecule has 0 aliphatic carbocycles. The summed E-state index contributed by atoms with van der Waals surface area (Å²) >= 11 is 0. The van der Waals surface area contributed by atoms with Crippen LogP contribution in [0.1, 0.15) is 23.6 Å². The summed E-state index contributed by atoms with van der Waals surface area (Å²) in [6.07, 6.45) is 0.931. The zero-order valence-electron chi connectivity index (χ0n) is 13.8. The monoisotopic (exact) mass is 312 g/mol. The second-order valence-electron chi connectivity index (χ2n) is 5.40. The summed E-state index contributed by atoms with van der Waals surface area (Å²) in [6, 6.07) is 15.9. The lowest BCUT2D eigenvalue weighted by molar-refractivity contribution is 0.236. The first-order valence-electron chi connectivity index (χ1n) is 7.97. The molecule has 0 aliphatic heterocycles. The minimum atomic E-state index is -0.182. The number of nitrogens with one attached hydrogen (secondary N) is 2. The van der Waals surface area contributed by atoms with Gasteiger partial charge in [0.1, 0.15) is 12.4 Å². The normalized spacial score (nSPS) is 10.2. The first-order valence-corrected chi connectivity index (χ1v) is 7.97. The molecule has 23 heavy (non-hydrogen) atoms. The minimum Gasteiger partial charge on any atom is -0.491 e. The first-order chi connectivity index (χ1) is 11.2. The Morgan fingerprint density at radius 3 is 2.52 bits per heavy atom. The van der Waals surface area contributed by atoms with E-state index in [0.29, 0.717) is 19.7 Å². The highest BCUT2D eigenvalue weighted by Gasteiger charge is 2.02. The summed E-state index contributed by atoms with van der Waals surface area (Å²) in [5, 5.41) is 5.63. The van der Waals surface area contributed by atoms with E-state index in [-0.39, 0.29) is 6.03 Å². The largest absolute Gasteiger partial charge is 0.491 e. The van der Waals surface area contributed by atoms with Gasteiger partial charge in [-0.1, -0.05) is 55.0 Å². The van der Waals surface area contributed by atoms with E-state index in [1.807, 2.05) is 49.4 Å². The zero-order valence-corrected chi connectivity index (χ0v) is 13.8. The predicted octanol–water partition coefficient (Wildman–Crippen LogP) is 3.44. The van der Waals surface area contributed by atoms with Crippen molar-refractivity contribution in [2.24, 2.45) is 0 Å². The maximum Gasteiger partial charge on any atom is 0.315 e. The maximum absolute atomic E-state index is 11.7. The lowest BCUT2D eigenvalue weighted by Gasteiger charge is -2.11. The highest BCUT2D eigenvalue weighted by molar-refractivity contribution is 5.73. The van der Waals surface area contributed by atoms with Crippen LogP contribution < -0.4 is 15.4 Å². The molecule has 0 aromatic heterocycles. The van der Waals surface area contributed by atoms with E-state index < -0.39 is 0 Å². The Morgan fingerprint density at radius 1 is 1.04 bits per heavy atom. The molecule has 2 aromatic carbocycles. The molecule has 0 saturated heterocycles. The van der Waals surface area contributed by atoms with E-state index in [2.05, 4.69) is 23.6 Å². The fourth-order valence-corrected chi connectivity index (χ4v) is 2.21. The Bertz CT molecular complexity index is 624. The molecular weight excluding hydrogens is 288 g/mol. The number of amides is 2. The number of carbonyl (C=O) groups excluding carboxylic acids is 1. The average molecular weight is 312 g/mol. The average Bonchev–Trinajstić information content (AvgIpc) is 2.58. The van der Waals surface area contributed by atoms with Gasteiger partial charge in [0.05, 0.1) is 6.54 Å². The van der Waals surface area contributed by atoms with Gasteiger partial charge in [0, 0.05) is 6.54 Å². The standard InChI is InChI=1S/C19H24N2O2/c1-3-17-6-4-5-7-18(17)23-13-12-20-19(22)21-14-16-10-8-15(2)9-11-16/h4-11H,3,12-14H2,1-2H3,(H2,20,21,22). The Kier molecular flexibility index (Phi) is 6.48. The van der Waals surface area contributed by atoms with E-state index in [4.69, 9.17) is 4.74 Å². The molecular formula is C19H24N2O2. The van der Waals surface area contributed by atoms with Gasteiger partial charge in [-0.3, -0.25) is 0 Å². The molecule has 2 N–H and O–H groups in total.